The van der Waals surface area contributed by atoms with Crippen molar-refractivity contribution in [2.75, 3.05) is 32.7 Å². The van der Waals surface area contributed by atoms with Crippen molar-refractivity contribution in [3.05, 3.63) is 0 Å². The molecule has 3 nitrogen and oxygen atoms in total. The van der Waals surface area contributed by atoms with E-state index in [1.54, 1.807) is 0 Å². The molecule has 0 aromatic rings. The molecule has 3 rings (SSSR count). The minimum Gasteiger partial charge on any atom is -0.392 e. The van der Waals surface area contributed by atoms with Crippen LogP contribution in [0, 0.1) is 17.8 Å². The summed E-state index contributed by atoms with van der Waals surface area (Å²) in [5, 5.41) is 0. The zero-order chi connectivity index (χ0) is 14.8. The first-order chi connectivity index (χ1) is 10.2. The molecule has 1 saturated heterocycles. The maximum absolute atomic E-state index is 5.94. The minimum absolute atomic E-state index is 0.328. The van der Waals surface area contributed by atoms with Gasteiger partial charge in [-0.25, -0.2) is 0 Å². The van der Waals surface area contributed by atoms with E-state index in [0.29, 0.717) is 11.0 Å². The zero-order valence-corrected chi connectivity index (χ0v) is 14.3. The van der Waals surface area contributed by atoms with Gasteiger partial charge in [0.05, 0.1) is 11.0 Å². The minimum atomic E-state index is 0.328. The molecule has 2 aliphatic carbocycles. The van der Waals surface area contributed by atoms with E-state index in [-0.39, 0.29) is 0 Å². The molecule has 4 heteroatoms. The molecule has 4 atom stereocenters. The number of hydrogen-bond donors (Lipinski definition) is 1. The lowest BCUT2D eigenvalue weighted by Crippen LogP contribution is -2.54. The predicted molar refractivity (Wildman–Crippen MR) is 92.4 cm³/mol. The van der Waals surface area contributed by atoms with Gasteiger partial charge in [0.15, 0.2) is 0 Å². The van der Waals surface area contributed by atoms with Gasteiger partial charge in [0, 0.05) is 32.7 Å². The van der Waals surface area contributed by atoms with Crippen LogP contribution < -0.4 is 5.73 Å². The Bertz CT molecular complexity index is 365. The Morgan fingerprint density at radius 1 is 1.19 bits per heavy atom. The fourth-order valence-electron chi connectivity index (χ4n) is 4.97. The molecule has 2 bridgehead atoms. The molecular weight excluding hydrogens is 278 g/mol. The van der Waals surface area contributed by atoms with E-state index in [2.05, 4.69) is 16.7 Å². The van der Waals surface area contributed by atoms with Crippen LogP contribution in [0.15, 0.2) is 0 Å². The van der Waals surface area contributed by atoms with Crippen LogP contribution in [-0.4, -0.2) is 53.6 Å². The molecule has 0 aromatic heterocycles. The Hall–Kier alpha value is -0.190. The number of hydrogen-bond acceptors (Lipinski definition) is 3. The van der Waals surface area contributed by atoms with E-state index < -0.39 is 0 Å². The Labute approximate surface area is 135 Å². The van der Waals surface area contributed by atoms with E-state index in [1.807, 2.05) is 0 Å². The Kier molecular flexibility index (Phi) is 5.18. The average Bonchev–Trinajstić information content (AvgIpc) is 3.08. The predicted octanol–water partition coefficient (Wildman–Crippen LogP) is 2.50. The van der Waals surface area contributed by atoms with Crippen molar-refractivity contribution in [3.8, 4) is 0 Å². The van der Waals surface area contributed by atoms with E-state index in [4.69, 9.17) is 18.0 Å². The Morgan fingerprint density at radius 3 is 2.48 bits per heavy atom. The molecule has 3 fully saturated rings. The van der Waals surface area contributed by atoms with Crippen molar-refractivity contribution in [2.45, 2.75) is 51.5 Å². The summed E-state index contributed by atoms with van der Waals surface area (Å²) in [4.78, 5) is 5.91. The molecule has 1 heterocycles. The molecule has 1 aliphatic heterocycles. The van der Waals surface area contributed by atoms with Crippen LogP contribution >= 0.6 is 12.2 Å². The second kappa shape index (κ2) is 6.93. The maximum Gasteiger partial charge on any atom is 0.0902 e. The topological polar surface area (TPSA) is 32.5 Å². The van der Waals surface area contributed by atoms with Crippen molar-refractivity contribution in [3.63, 3.8) is 0 Å². The van der Waals surface area contributed by atoms with Crippen LogP contribution in [0.2, 0.25) is 0 Å². The lowest BCUT2D eigenvalue weighted by molar-refractivity contribution is 0.0927. The molecule has 21 heavy (non-hydrogen) atoms. The molecule has 2 N–H and O–H groups in total. The number of piperazine rings is 1. The fraction of sp³-hybridized carbons (Fsp3) is 0.941. The maximum atomic E-state index is 5.94. The summed E-state index contributed by atoms with van der Waals surface area (Å²) in [6.07, 6.45) is 8.34. The van der Waals surface area contributed by atoms with Gasteiger partial charge in [0.25, 0.3) is 0 Å². The number of rotatable bonds is 6. The third-order valence-corrected chi connectivity index (χ3v) is 6.39. The van der Waals surface area contributed by atoms with Gasteiger partial charge in [-0.3, -0.25) is 4.90 Å². The molecule has 120 valence electrons. The summed E-state index contributed by atoms with van der Waals surface area (Å²) in [6, 6.07) is 0.328. The highest BCUT2D eigenvalue weighted by atomic mass is 32.1. The van der Waals surface area contributed by atoms with Crippen LogP contribution in [0.5, 0.6) is 0 Å². The highest BCUT2D eigenvalue weighted by Gasteiger charge is 2.40. The first-order valence-electron chi connectivity index (χ1n) is 8.93. The average molecular weight is 310 g/mol. The van der Waals surface area contributed by atoms with Gasteiger partial charge in [-0.05, 0) is 43.4 Å². The first kappa shape index (κ1) is 15.7. The number of nitrogens with zero attached hydrogens (tertiary/aromatic N) is 2. The molecule has 3 aliphatic rings. The number of fused-ring (bicyclic) bond motifs is 2. The molecule has 2 saturated carbocycles. The summed E-state index contributed by atoms with van der Waals surface area (Å²) < 4.78 is 0. The van der Waals surface area contributed by atoms with Crippen LogP contribution in [0.3, 0.4) is 0 Å². The van der Waals surface area contributed by atoms with Crippen molar-refractivity contribution < 1.29 is 0 Å². The highest BCUT2D eigenvalue weighted by molar-refractivity contribution is 7.80. The van der Waals surface area contributed by atoms with Crippen molar-refractivity contribution in [2.24, 2.45) is 23.5 Å². The molecule has 0 aromatic carbocycles. The zero-order valence-electron chi connectivity index (χ0n) is 13.5. The summed E-state index contributed by atoms with van der Waals surface area (Å²) in [7, 11) is 0. The third kappa shape index (κ3) is 3.59. The molecule has 0 spiro atoms. The monoisotopic (exact) mass is 309 g/mol. The molecule has 0 radical (unpaired) electrons. The van der Waals surface area contributed by atoms with Gasteiger partial charge in [-0.2, -0.15) is 0 Å². The van der Waals surface area contributed by atoms with Gasteiger partial charge in [0.2, 0.25) is 0 Å². The Balaban J connectivity index is 1.45. The van der Waals surface area contributed by atoms with Gasteiger partial charge < -0.3 is 10.6 Å². The first-order valence-corrected chi connectivity index (χ1v) is 9.34. The second-order valence-electron chi connectivity index (χ2n) is 7.48. The van der Waals surface area contributed by atoms with Crippen molar-refractivity contribution >= 4 is 17.2 Å². The smallest absolute Gasteiger partial charge is 0.0902 e. The molecule has 0 amide bonds. The summed E-state index contributed by atoms with van der Waals surface area (Å²) >= 11 is 5.27. The largest absolute Gasteiger partial charge is 0.392 e. The summed E-state index contributed by atoms with van der Waals surface area (Å²) in [5.41, 5.74) is 5.94. The Morgan fingerprint density at radius 2 is 1.95 bits per heavy atom. The normalized spacial score (nSPS) is 35.2. The SMILES string of the molecule is CCCC(C(N)=S)N1CCN(CC2CC3CCC2C3)CC1. The van der Waals surface area contributed by atoms with Crippen LogP contribution in [0.25, 0.3) is 0 Å². The molecular formula is C17H31N3S. The quantitative estimate of drug-likeness (QED) is 0.764. The highest BCUT2D eigenvalue weighted by Crippen LogP contribution is 2.48. The van der Waals surface area contributed by atoms with E-state index in [1.165, 1.54) is 45.3 Å². The van der Waals surface area contributed by atoms with Gasteiger partial charge in [-0.15, -0.1) is 0 Å². The van der Waals surface area contributed by atoms with Crippen LogP contribution in [0.1, 0.15) is 45.4 Å². The summed E-state index contributed by atoms with van der Waals surface area (Å²) in [6.45, 7) is 8.26. The second-order valence-corrected chi connectivity index (χ2v) is 7.95. The number of thiocarbonyl (C=S) groups is 1. The molecule has 4 unspecified atom stereocenters. The van der Waals surface area contributed by atoms with Gasteiger partial charge in [0.1, 0.15) is 0 Å². The van der Waals surface area contributed by atoms with E-state index in [9.17, 15) is 0 Å². The van der Waals surface area contributed by atoms with E-state index in [0.717, 1.165) is 43.7 Å². The van der Waals surface area contributed by atoms with Crippen molar-refractivity contribution in [1.82, 2.24) is 9.80 Å². The third-order valence-electron chi connectivity index (χ3n) is 6.12. The summed E-state index contributed by atoms with van der Waals surface area (Å²) in [5.74, 6) is 3.12. The van der Waals surface area contributed by atoms with E-state index >= 15 is 0 Å². The standard InChI is InChI=1S/C17H31N3S/c1-2-3-16(17(18)21)20-8-6-19(7-9-20)12-15-11-13-4-5-14(15)10-13/h13-16H,2-12H2,1H3,(H2,18,21). The van der Waals surface area contributed by atoms with Crippen molar-refractivity contribution in [1.29, 1.82) is 0 Å². The van der Waals surface area contributed by atoms with Crippen LogP contribution in [-0.2, 0) is 0 Å². The van der Waals surface area contributed by atoms with Gasteiger partial charge in [-0.1, -0.05) is 32.0 Å². The lowest BCUT2D eigenvalue weighted by atomic mass is 9.88. The van der Waals surface area contributed by atoms with Crippen LogP contribution in [0.4, 0.5) is 0 Å². The van der Waals surface area contributed by atoms with Gasteiger partial charge >= 0.3 is 0 Å². The fourth-order valence-corrected chi connectivity index (χ4v) is 5.23. The number of nitrogens with two attached hydrogens (primary N) is 1. The lowest BCUT2D eigenvalue weighted by Gasteiger charge is -2.40.